The first-order chi connectivity index (χ1) is 31.3. The molecule has 0 unspecified atom stereocenters. The SMILES string of the molecule is c1ccc(-c2ccc(-c3ccccc3N(c3ccc(-c4ccccc4)cc3)c3cc4c5c(c3)c3ccccc3n5-c3ccccc3C43c4ccccc4-c4ccccc43)cc2)cc1. The van der Waals surface area contributed by atoms with E-state index in [1.54, 1.807) is 0 Å². The molecule has 13 rings (SSSR count). The Balaban J connectivity index is 1.12. The van der Waals surface area contributed by atoms with E-state index in [4.69, 9.17) is 0 Å². The van der Waals surface area contributed by atoms with Gasteiger partial charge in [0.2, 0.25) is 0 Å². The fraction of sp³-hybridized carbons (Fsp3) is 0.0164. The summed E-state index contributed by atoms with van der Waals surface area (Å²) in [6.45, 7) is 0. The summed E-state index contributed by atoms with van der Waals surface area (Å²) >= 11 is 0. The smallest absolute Gasteiger partial charge is 0.0755 e. The van der Waals surface area contributed by atoms with E-state index in [-0.39, 0.29) is 0 Å². The lowest BCUT2D eigenvalue weighted by molar-refractivity contribution is 0.748. The van der Waals surface area contributed by atoms with Gasteiger partial charge in [-0.25, -0.2) is 0 Å². The molecular weight excluding hydrogens is 761 g/mol. The monoisotopic (exact) mass is 800 g/mol. The summed E-state index contributed by atoms with van der Waals surface area (Å²) in [5.74, 6) is 0. The molecule has 0 saturated heterocycles. The van der Waals surface area contributed by atoms with E-state index in [1.165, 1.54) is 88.7 Å². The van der Waals surface area contributed by atoms with Crippen LogP contribution in [0.25, 0.3) is 72.0 Å². The van der Waals surface area contributed by atoms with Gasteiger partial charge in [0.25, 0.3) is 0 Å². The molecule has 11 aromatic rings. The molecule has 0 saturated carbocycles. The van der Waals surface area contributed by atoms with Crippen LogP contribution in [0.15, 0.2) is 243 Å². The van der Waals surface area contributed by atoms with Gasteiger partial charge in [-0.1, -0.05) is 200 Å². The van der Waals surface area contributed by atoms with Crippen LogP contribution in [0.2, 0.25) is 0 Å². The summed E-state index contributed by atoms with van der Waals surface area (Å²) < 4.78 is 2.54. The predicted molar refractivity (Wildman–Crippen MR) is 263 cm³/mol. The van der Waals surface area contributed by atoms with Gasteiger partial charge in [0.15, 0.2) is 0 Å². The number of nitrogens with zero attached hydrogens (tertiary/aromatic N) is 2. The number of rotatable bonds is 6. The van der Waals surface area contributed by atoms with Gasteiger partial charge in [0.1, 0.15) is 0 Å². The lowest BCUT2D eigenvalue weighted by Crippen LogP contribution is -2.33. The molecule has 10 aromatic carbocycles. The Hall–Kier alpha value is -8.20. The Morgan fingerprint density at radius 3 is 1.48 bits per heavy atom. The van der Waals surface area contributed by atoms with Gasteiger partial charge in [0.05, 0.1) is 27.8 Å². The zero-order valence-corrected chi connectivity index (χ0v) is 34.5. The van der Waals surface area contributed by atoms with Crippen molar-refractivity contribution in [3.8, 4) is 50.2 Å². The number of hydrogen-bond donors (Lipinski definition) is 0. The minimum absolute atomic E-state index is 0.557. The molecule has 0 amide bonds. The van der Waals surface area contributed by atoms with Crippen molar-refractivity contribution in [1.29, 1.82) is 0 Å². The molecule has 0 N–H and O–H groups in total. The molecule has 294 valence electrons. The maximum Gasteiger partial charge on any atom is 0.0755 e. The predicted octanol–water partition coefficient (Wildman–Crippen LogP) is 15.9. The van der Waals surface area contributed by atoms with Crippen LogP contribution < -0.4 is 4.90 Å². The van der Waals surface area contributed by atoms with Crippen molar-refractivity contribution in [3.63, 3.8) is 0 Å². The largest absolute Gasteiger partial charge is 0.310 e. The molecule has 2 nitrogen and oxygen atoms in total. The Kier molecular flexibility index (Phi) is 7.85. The van der Waals surface area contributed by atoms with Crippen molar-refractivity contribution in [1.82, 2.24) is 4.57 Å². The standard InChI is InChI=1S/C61H40N2/c1-3-17-41(18-4-1)43-31-33-45(34-32-43)48-21-9-14-28-57(48)62(46-37-35-44(36-38-46)42-19-5-2-6-20-42)47-39-52-51-24-10-15-29-58(51)63-59-30-16-13-27-55(59)61(56(40-47)60(52)63)53-25-11-7-22-49(53)50-23-8-12-26-54(50)61/h1-40H. The number of aromatic nitrogens is 1. The molecule has 2 heterocycles. The molecular formula is C61H40N2. The summed E-state index contributed by atoms with van der Waals surface area (Å²) in [6.07, 6.45) is 0. The Bertz CT molecular complexity index is 3500. The van der Waals surface area contributed by atoms with E-state index in [2.05, 4.69) is 252 Å². The number of para-hydroxylation sites is 3. The molecule has 63 heavy (non-hydrogen) atoms. The Morgan fingerprint density at radius 2 is 0.810 bits per heavy atom. The van der Waals surface area contributed by atoms with Crippen molar-refractivity contribution >= 4 is 38.9 Å². The Morgan fingerprint density at radius 1 is 0.317 bits per heavy atom. The molecule has 1 spiro atoms. The van der Waals surface area contributed by atoms with Gasteiger partial charge in [-0.05, 0) is 104 Å². The van der Waals surface area contributed by atoms with Gasteiger partial charge < -0.3 is 9.47 Å². The first-order valence-electron chi connectivity index (χ1n) is 21.8. The summed E-state index contributed by atoms with van der Waals surface area (Å²) in [6, 6.07) is 89.6. The second kappa shape index (κ2) is 13.9. The number of hydrogen-bond acceptors (Lipinski definition) is 1. The average molecular weight is 801 g/mol. The van der Waals surface area contributed by atoms with E-state index in [0.717, 1.165) is 22.6 Å². The second-order valence-corrected chi connectivity index (χ2v) is 16.8. The first kappa shape index (κ1) is 35.5. The minimum Gasteiger partial charge on any atom is -0.310 e. The molecule has 0 radical (unpaired) electrons. The van der Waals surface area contributed by atoms with E-state index < -0.39 is 5.41 Å². The van der Waals surface area contributed by atoms with Crippen molar-refractivity contribution in [2.24, 2.45) is 0 Å². The highest BCUT2D eigenvalue weighted by Gasteiger charge is 2.51. The van der Waals surface area contributed by atoms with Crippen LogP contribution in [0, 0.1) is 0 Å². The van der Waals surface area contributed by atoms with Crippen LogP contribution in [0.5, 0.6) is 0 Å². The molecule has 1 aliphatic heterocycles. The topological polar surface area (TPSA) is 8.17 Å². The molecule has 1 aliphatic carbocycles. The highest BCUT2D eigenvalue weighted by molar-refractivity contribution is 6.14. The molecule has 2 heteroatoms. The summed E-state index contributed by atoms with van der Waals surface area (Å²) in [5, 5.41) is 2.48. The third-order valence-corrected chi connectivity index (χ3v) is 13.6. The fourth-order valence-electron chi connectivity index (χ4n) is 10.9. The third-order valence-electron chi connectivity index (χ3n) is 13.6. The lowest BCUT2D eigenvalue weighted by Gasteiger charge is -2.40. The van der Waals surface area contributed by atoms with Gasteiger partial charge >= 0.3 is 0 Å². The zero-order valence-electron chi connectivity index (χ0n) is 34.5. The number of benzene rings is 10. The van der Waals surface area contributed by atoms with Crippen LogP contribution in [0.3, 0.4) is 0 Å². The van der Waals surface area contributed by atoms with Gasteiger partial charge in [-0.2, -0.15) is 0 Å². The maximum absolute atomic E-state index is 2.54. The molecule has 1 aromatic heterocycles. The summed E-state index contributed by atoms with van der Waals surface area (Å²) in [7, 11) is 0. The molecule has 0 bridgehead atoms. The quantitative estimate of drug-likeness (QED) is 0.163. The first-order valence-corrected chi connectivity index (χ1v) is 21.8. The number of fused-ring (bicyclic) bond motifs is 12. The molecule has 0 atom stereocenters. The lowest BCUT2D eigenvalue weighted by atomic mass is 9.65. The van der Waals surface area contributed by atoms with Crippen LogP contribution in [0.1, 0.15) is 22.3 Å². The summed E-state index contributed by atoms with van der Waals surface area (Å²) in [4.78, 5) is 2.50. The van der Waals surface area contributed by atoms with E-state index in [0.29, 0.717) is 0 Å². The minimum atomic E-state index is -0.557. The van der Waals surface area contributed by atoms with Crippen molar-refractivity contribution in [2.45, 2.75) is 5.41 Å². The van der Waals surface area contributed by atoms with Gasteiger partial charge in [0, 0.05) is 27.7 Å². The zero-order chi connectivity index (χ0) is 41.5. The molecule has 0 fully saturated rings. The van der Waals surface area contributed by atoms with Crippen molar-refractivity contribution in [2.75, 3.05) is 4.90 Å². The highest BCUT2D eigenvalue weighted by atomic mass is 15.1. The van der Waals surface area contributed by atoms with Crippen LogP contribution >= 0.6 is 0 Å². The van der Waals surface area contributed by atoms with Gasteiger partial charge in [-0.3, -0.25) is 0 Å². The molecule has 2 aliphatic rings. The van der Waals surface area contributed by atoms with Crippen molar-refractivity contribution in [3.05, 3.63) is 265 Å². The highest BCUT2D eigenvalue weighted by Crippen LogP contribution is 2.62. The third kappa shape index (κ3) is 5.19. The van der Waals surface area contributed by atoms with Crippen molar-refractivity contribution < 1.29 is 0 Å². The average Bonchev–Trinajstić information content (AvgIpc) is 3.85. The van der Waals surface area contributed by atoms with Gasteiger partial charge in [-0.15, -0.1) is 0 Å². The van der Waals surface area contributed by atoms with E-state index in [9.17, 15) is 0 Å². The normalized spacial score (nSPS) is 12.9. The fourth-order valence-corrected chi connectivity index (χ4v) is 10.9. The Labute approximate surface area is 367 Å². The second-order valence-electron chi connectivity index (χ2n) is 16.8. The summed E-state index contributed by atoms with van der Waals surface area (Å²) in [5.41, 5.74) is 21.4. The maximum atomic E-state index is 2.54. The number of anilines is 3. The van der Waals surface area contributed by atoms with E-state index >= 15 is 0 Å². The van der Waals surface area contributed by atoms with Crippen LogP contribution in [0.4, 0.5) is 17.1 Å². The van der Waals surface area contributed by atoms with Crippen LogP contribution in [-0.4, -0.2) is 4.57 Å². The van der Waals surface area contributed by atoms with Crippen LogP contribution in [-0.2, 0) is 5.41 Å². The van der Waals surface area contributed by atoms with E-state index in [1.807, 2.05) is 0 Å².